The minimum atomic E-state index is 0.350. The first-order chi connectivity index (χ1) is 9.35. The Morgan fingerprint density at radius 3 is 3.00 bits per heavy atom. The van der Waals surface area contributed by atoms with Crippen LogP contribution in [-0.4, -0.2) is 30.1 Å². The molecule has 0 aliphatic heterocycles. The molecule has 0 spiro atoms. The van der Waals surface area contributed by atoms with Gasteiger partial charge in [-0.3, -0.25) is 4.98 Å². The number of nitrogens with two attached hydrogens (primary N) is 1. The van der Waals surface area contributed by atoms with E-state index in [-0.39, 0.29) is 0 Å². The first kappa shape index (κ1) is 11.5. The lowest BCUT2D eigenvalue weighted by Crippen LogP contribution is -2.01. The molecule has 0 aliphatic carbocycles. The molecule has 0 fully saturated rings. The van der Waals surface area contributed by atoms with E-state index in [2.05, 4.69) is 25.4 Å². The van der Waals surface area contributed by atoms with Crippen LogP contribution in [0.25, 0.3) is 11.5 Å². The van der Waals surface area contributed by atoms with Gasteiger partial charge in [0.25, 0.3) is 0 Å². The van der Waals surface area contributed by atoms with Gasteiger partial charge in [0.1, 0.15) is 12.2 Å². The first-order valence-electron chi connectivity index (χ1n) is 5.68. The van der Waals surface area contributed by atoms with Crippen LogP contribution in [0.15, 0.2) is 35.1 Å². The van der Waals surface area contributed by atoms with Crippen molar-refractivity contribution in [3.05, 3.63) is 42.2 Å². The van der Waals surface area contributed by atoms with Crippen LogP contribution >= 0.6 is 0 Å². The van der Waals surface area contributed by atoms with Crippen LogP contribution in [0.4, 0.5) is 0 Å². The molecule has 0 saturated heterocycles. The highest BCUT2D eigenvalue weighted by Gasteiger charge is 2.10. The van der Waals surface area contributed by atoms with Crippen LogP contribution in [0.2, 0.25) is 0 Å². The summed E-state index contributed by atoms with van der Waals surface area (Å²) in [5, 5.41) is 11.7. The van der Waals surface area contributed by atoms with Crippen molar-refractivity contribution < 1.29 is 4.52 Å². The maximum absolute atomic E-state index is 5.46. The van der Waals surface area contributed by atoms with Crippen molar-refractivity contribution >= 4 is 0 Å². The molecule has 8 nitrogen and oxygen atoms in total. The molecule has 3 aromatic heterocycles. The summed E-state index contributed by atoms with van der Waals surface area (Å²) in [4.78, 5) is 8.40. The minimum Gasteiger partial charge on any atom is -0.337 e. The quantitative estimate of drug-likeness (QED) is 0.712. The summed E-state index contributed by atoms with van der Waals surface area (Å²) < 4.78 is 6.74. The molecule has 0 bridgehead atoms. The third-order valence-corrected chi connectivity index (χ3v) is 2.45. The molecule has 2 N–H and O–H groups in total. The van der Waals surface area contributed by atoms with Gasteiger partial charge >= 0.3 is 0 Å². The van der Waals surface area contributed by atoms with Crippen LogP contribution in [0.3, 0.4) is 0 Å². The molecule has 96 valence electrons. The number of hydrogen-bond acceptors (Lipinski definition) is 7. The summed E-state index contributed by atoms with van der Waals surface area (Å²) in [6, 6.07) is 5.51. The fraction of sp³-hybridized carbons (Fsp3) is 0.182. The number of hydrogen-bond donors (Lipinski definition) is 1. The van der Waals surface area contributed by atoms with E-state index in [9.17, 15) is 0 Å². The molecule has 8 heteroatoms. The Hall–Kier alpha value is -2.61. The van der Waals surface area contributed by atoms with Gasteiger partial charge in [-0.1, -0.05) is 16.4 Å². The maximum Gasteiger partial charge on any atom is 0.248 e. The van der Waals surface area contributed by atoms with E-state index in [0.29, 0.717) is 36.2 Å². The fourth-order valence-corrected chi connectivity index (χ4v) is 1.57. The lowest BCUT2D eigenvalue weighted by molar-refractivity contribution is 0.364. The average Bonchev–Trinajstić information content (AvgIpc) is 3.09. The molecule has 19 heavy (non-hydrogen) atoms. The predicted octanol–water partition coefficient (Wildman–Crippen LogP) is 0.230. The van der Waals surface area contributed by atoms with Crippen molar-refractivity contribution in [2.24, 2.45) is 5.73 Å². The van der Waals surface area contributed by atoms with Gasteiger partial charge in [0.05, 0.1) is 11.9 Å². The minimum absolute atomic E-state index is 0.350. The third-order valence-electron chi connectivity index (χ3n) is 2.45. The molecule has 0 aliphatic rings. The van der Waals surface area contributed by atoms with Gasteiger partial charge in [-0.15, -0.1) is 5.10 Å². The van der Waals surface area contributed by atoms with Crippen LogP contribution < -0.4 is 5.73 Å². The fourth-order valence-electron chi connectivity index (χ4n) is 1.57. The Bertz CT molecular complexity index is 661. The molecule has 0 radical (unpaired) electrons. The molecule has 0 aromatic carbocycles. The summed E-state index contributed by atoms with van der Waals surface area (Å²) in [6.07, 6.45) is 3.42. The molecule has 3 aromatic rings. The lowest BCUT2D eigenvalue weighted by atomic mass is 10.3. The van der Waals surface area contributed by atoms with Gasteiger partial charge in [0.15, 0.2) is 0 Å². The zero-order chi connectivity index (χ0) is 13.1. The number of rotatable bonds is 4. The smallest absolute Gasteiger partial charge is 0.248 e. The largest absolute Gasteiger partial charge is 0.337 e. The molecule has 3 rings (SSSR count). The third kappa shape index (κ3) is 2.47. The van der Waals surface area contributed by atoms with Gasteiger partial charge in [-0.25, -0.2) is 4.68 Å². The average molecular weight is 257 g/mol. The Kier molecular flexibility index (Phi) is 2.99. The van der Waals surface area contributed by atoms with Crippen LogP contribution in [-0.2, 0) is 13.1 Å². The van der Waals surface area contributed by atoms with Crippen LogP contribution in [0.5, 0.6) is 0 Å². The highest BCUT2D eigenvalue weighted by atomic mass is 16.5. The molecular formula is C11H11N7O. The summed E-state index contributed by atoms with van der Waals surface area (Å²) in [5.41, 5.74) is 6.84. The van der Waals surface area contributed by atoms with Crippen molar-refractivity contribution in [2.75, 3.05) is 0 Å². The predicted molar refractivity (Wildman–Crippen MR) is 64.5 cm³/mol. The summed E-state index contributed by atoms with van der Waals surface area (Å²) in [5.74, 6) is 0.892. The molecule has 0 saturated carbocycles. The second-order valence-corrected chi connectivity index (χ2v) is 3.84. The van der Waals surface area contributed by atoms with Crippen molar-refractivity contribution in [1.29, 1.82) is 0 Å². The molecule has 0 unspecified atom stereocenters. The highest BCUT2D eigenvalue weighted by molar-refractivity contribution is 5.46. The van der Waals surface area contributed by atoms with E-state index in [0.717, 1.165) is 0 Å². The van der Waals surface area contributed by atoms with E-state index < -0.39 is 0 Å². The van der Waals surface area contributed by atoms with Crippen molar-refractivity contribution in [3.8, 4) is 11.5 Å². The van der Waals surface area contributed by atoms with Crippen molar-refractivity contribution in [2.45, 2.75) is 13.1 Å². The summed E-state index contributed by atoms with van der Waals surface area (Å²) in [7, 11) is 0. The zero-order valence-electron chi connectivity index (χ0n) is 9.97. The Morgan fingerprint density at radius 1 is 1.32 bits per heavy atom. The molecule has 3 heterocycles. The normalized spacial score (nSPS) is 10.8. The summed E-state index contributed by atoms with van der Waals surface area (Å²) >= 11 is 0. The van der Waals surface area contributed by atoms with Gasteiger partial charge in [0.2, 0.25) is 11.7 Å². The zero-order valence-corrected chi connectivity index (χ0v) is 9.97. The number of nitrogens with zero attached hydrogens (tertiary/aromatic N) is 6. The Labute approximate surface area is 108 Å². The van der Waals surface area contributed by atoms with Crippen LogP contribution in [0.1, 0.15) is 11.6 Å². The van der Waals surface area contributed by atoms with Crippen molar-refractivity contribution in [1.82, 2.24) is 30.1 Å². The van der Waals surface area contributed by atoms with Crippen LogP contribution in [0, 0.1) is 0 Å². The topological polar surface area (TPSA) is 109 Å². The maximum atomic E-state index is 5.46. The highest BCUT2D eigenvalue weighted by Crippen LogP contribution is 2.12. The Morgan fingerprint density at radius 2 is 2.26 bits per heavy atom. The standard InChI is InChI=1S/C11H11N7O/c12-5-8-6-18(17-15-8)7-10-14-11(16-19-10)9-3-1-2-4-13-9/h1-4,6H,5,7,12H2. The second kappa shape index (κ2) is 4.94. The van der Waals surface area contributed by atoms with Gasteiger partial charge in [-0.2, -0.15) is 4.98 Å². The van der Waals surface area contributed by atoms with Gasteiger partial charge in [-0.05, 0) is 12.1 Å². The summed E-state index contributed by atoms with van der Waals surface area (Å²) in [6.45, 7) is 0.704. The Balaban J connectivity index is 1.78. The van der Waals surface area contributed by atoms with E-state index in [1.807, 2.05) is 18.2 Å². The first-order valence-corrected chi connectivity index (χ1v) is 5.68. The van der Waals surface area contributed by atoms with Gasteiger partial charge < -0.3 is 10.3 Å². The second-order valence-electron chi connectivity index (χ2n) is 3.84. The SMILES string of the molecule is NCc1cn(Cc2nc(-c3ccccn3)no2)nn1. The number of aromatic nitrogens is 6. The lowest BCUT2D eigenvalue weighted by Gasteiger charge is -1.92. The molecule has 0 atom stereocenters. The van der Waals surface area contributed by atoms with Gasteiger partial charge in [0, 0.05) is 12.7 Å². The van der Waals surface area contributed by atoms with Crippen molar-refractivity contribution in [3.63, 3.8) is 0 Å². The molecule has 0 amide bonds. The monoisotopic (exact) mass is 257 g/mol. The van der Waals surface area contributed by atoms with E-state index in [4.69, 9.17) is 10.3 Å². The number of pyridine rings is 1. The van der Waals surface area contributed by atoms with E-state index in [1.165, 1.54) is 0 Å². The van der Waals surface area contributed by atoms with E-state index in [1.54, 1.807) is 17.1 Å². The molecular weight excluding hydrogens is 246 g/mol. The van der Waals surface area contributed by atoms with E-state index >= 15 is 0 Å².